The molecule has 4 rings (SSSR count). The molecule has 0 aliphatic carbocycles. The number of esters is 1. The zero-order valence-corrected chi connectivity index (χ0v) is 24.1. The molecule has 0 radical (unpaired) electrons. The van der Waals surface area contributed by atoms with Gasteiger partial charge in [-0.3, -0.25) is 14.4 Å². The van der Waals surface area contributed by atoms with Crippen LogP contribution in [-0.2, 0) is 9.53 Å². The van der Waals surface area contributed by atoms with Crippen LogP contribution in [0.25, 0.3) is 11.1 Å². The molecule has 5 N–H and O–H groups in total. The number of nitrogens with zero attached hydrogens (tertiary/aromatic N) is 2. The van der Waals surface area contributed by atoms with Gasteiger partial charge in [-0.2, -0.15) is 0 Å². The van der Waals surface area contributed by atoms with Crippen LogP contribution in [-0.4, -0.2) is 27.5 Å². The van der Waals surface area contributed by atoms with Crippen molar-refractivity contribution in [2.75, 3.05) is 11.1 Å². The number of carbonyl (C=O) groups excluding carboxylic acids is 2. The molecular formula is C30H28ClF2N5O5. The van der Waals surface area contributed by atoms with Crippen molar-refractivity contribution in [3.05, 3.63) is 99.6 Å². The average molecular weight is 612 g/mol. The first-order valence-corrected chi connectivity index (χ1v) is 13.4. The van der Waals surface area contributed by atoms with Crippen LogP contribution in [0, 0.1) is 17.6 Å². The Balaban J connectivity index is 1.65. The van der Waals surface area contributed by atoms with Crippen molar-refractivity contribution in [1.82, 2.24) is 9.55 Å². The van der Waals surface area contributed by atoms with E-state index in [4.69, 9.17) is 32.5 Å². The molecule has 2 aromatic heterocycles. The van der Waals surface area contributed by atoms with E-state index < -0.39 is 41.2 Å². The number of nitrogens with two attached hydrogens (primary N) is 2. The van der Waals surface area contributed by atoms with Gasteiger partial charge in [-0.05, 0) is 42.7 Å². The number of nitrogens with one attached hydrogen (secondary N) is 1. The van der Waals surface area contributed by atoms with Crippen LogP contribution in [0.5, 0.6) is 11.5 Å². The summed E-state index contributed by atoms with van der Waals surface area (Å²) in [4.78, 5) is 43.1. The number of aromatic nitrogens is 2. The number of halogens is 3. The fraction of sp³-hybridized carbons (Fsp3) is 0.200. The monoisotopic (exact) mass is 611 g/mol. The normalized spacial score (nSPS) is 12.5. The Bertz CT molecular complexity index is 1730. The lowest BCUT2D eigenvalue weighted by molar-refractivity contribution is -0.155. The quantitative estimate of drug-likeness (QED) is 0.209. The standard InChI is InChI=1S/C30H28ClF2N5O5/c1-15(2)26(34)30(41)42-16(3)38-13-20(17-4-6-18(32)7-5-17)27(39)21(14-38)29(40)37-19-8-9-23(22(33)12-19)43-24-10-11-36-28(35)25(24)31/h4-16,26H,34H2,1-3H3,(H2,35,36)(H,37,40)/t16?,26-/m1/s1. The van der Waals surface area contributed by atoms with Gasteiger partial charge < -0.3 is 30.8 Å². The molecule has 13 heteroatoms. The van der Waals surface area contributed by atoms with Crippen LogP contribution in [0.3, 0.4) is 0 Å². The number of benzene rings is 2. The number of hydrogen-bond donors (Lipinski definition) is 3. The molecule has 0 fully saturated rings. The number of carbonyl (C=O) groups is 2. The number of anilines is 2. The topological polar surface area (TPSA) is 152 Å². The van der Waals surface area contributed by atoms with Gasteiger partial charge in [0.1, 0.15) is 28.3 Å². The molecule has 4 aromatic rings. The summed E-state index contributed by atoms with van der Waals surface area (Å²) in [6.45, 7) is 5.05. The Morgan fingerprint density at radius 2 is 1.72 bits per heavy atom. The Hall–Kier alpha value is -4.81. The van der Waals surface area contributed by atoms with Crippen LogP contribution in [0.4, 0.5) is 20.3 Å². The molecule has 224 valence electrons. The molecule has 0 saturated heterocycles. The highest BCUT2D eigenvalue weighted by Crippen LogP contribution is 2.34. The molecule has 2 atom stereocenters. The predicted molar refractivity (Wildman–Crippen MR) is 158 cm³/mol. The lowest BCUT2D eigenvalue weighted by Gasteiger charge is -2.22. The molecule has 1 unspecified atom stereocenters. The molecule has 0 saturated carbocycles. The summed E-state index contributed by atoms with van der Waals surface area (Å²) in [5, 5.41) is 2.49. The van der Waals surface area contributed by atoms with Gasteiger partial charge in [0.2, 0.25) is 5.43 Å². The number of nitrogen functional groups attached to an aromatic ring is 1. The first kappa shape index (κ1) is 31.1. The highest BCUT2D eigenvalue weighted by atomic mass is 35.5. The van der Waals surface area contributed by atoms with Gasteiger partial charge in [0, 0.05) is 42.0 Å². The summed E-state index contributed by atoms with van der Waals surface area (Å²) < 4.78 is 40.8. The van der Waals surface area contributed by atoms with Gasteiger partial charge in [0.05, 0.1) is 0 Å². The highest BCUT2D eigenvalue weighted by molar-refractivity contribution is 6.34. The lowest BCUT2D eigenvalue weighted by Crippen LogP contribution is -2.38. The highest BCUT2D eigenvalue weighted by Gasteiger charge is 2.24. The van der Waals surface area contributed by atoms with Crippen molar-refractivity contribution in [3.63, 3.8) is 0 Å². The molecule has 2 aromatic carbocycles. The van der Waals surface area contributed by atoms with Gasteiger partial charge in [-0.15, -0.1) is 0 Å². The van der Waals surface area contributed by atoms with E-state index in [1.165, 1.54) is 60.4 Å². The molecule has 1 amide bonds. The second-order valence-electron chi connectivity index (χ2n) is 9.88. The summed E-state index contributed by atoms with van der Waals surface area (Å²) in [5.74, 6) is -3.24. The maximum absolute atomic E-state index is 14.9. The van der Waals surface area contributed by atoms with Gasteiger partial charge in [-0.1, -0.05) is 37.6 Å². The number of rotatable bonds is 9. The van der Waals surface area contributed by atoms with Crippen molar-refractivity contribution < 1.29 is 27.8 Å². The molecule has 0 bridgehead atoms. The van der Waals surface area contributed by atoms with E-state index >= 15 is 0 Å². The molecule has 43 heavy (non-hydrogen) atoms. The lowest BCUT2D eigenvalue weighted by atomic mass is 10.0. The Morgan fingerprint density at radius 3 is 2.37 bits per heavy atom. The minimum absolute atomic E-state index is 0.00249. The first-order chi connectivity index (χ1) is 20.3. The zero-order valence-electron chi connectivity index (χ0n) is 23.3. The van der Waals surface area contributed by atoms with E-state index in [1.54, 1.807) is 13.8 Å². The van der Waals surface area contributed by atoms with Crippen molar-refractivity contribution in [1.29, 1.82) is 0 Å². The summed E-state index contributed by atoms with van der Waals surface area (Å²) in [6.07, 6.45) is 2.95. The van der Waals surface area contributed by atoms with Crippen LogP contribution in [0.1, 0.15) is 37.4 Å². The van der Waals surface area contributed by atoms with E-state index in [1.807, 2.05) is 0 Å². The fourth-order valence-corrected chi connectivity index (χ4v) is 4.03. The van der Waals surface area contributed by atoms with E-state index in [2.05, 4.69) is 10.3 Å². The van der Waals surface area contributed by atoms with Crippen LogP contribution in [0.2, 0.25) is 5.02 Å². The van der Waals surface area contributed by atoms with Crippen molar-refractivity contribution >= 4 is 35.0 Å². The summed E-state index contributed by atoms with van der Waals surface area (Å²) in [6, 6.07) is 9.19. The summed E-state index contributed by atoms with van der Waals surface area (Å²) >= 11 is 6.06. The second kappa shape index (κ2) is 13.0. The predicted octanol–water partition coefficient (Wildman–Crippen LogP) is 5.51. The van der Waals surface area contributed by atoms with Crippen molar-refractivity contribution in [2.24, 2.45) is 11.7 Å². The number of amides is 1. The first-order valence-electron chi connectivity index (χ1n) is 13.0. The van der Waals surface area contributed by atoms with E-state index in [0.29, 0.717) is 5.56 Å². The van der Waals surface area contributed by atoms with Gasteiger partial charge in [0.25, 0.3) is 5.91 Å². The van der Waals surface area contributed by atoms with Crippen LogP contribution < -0.4 is 26.9 Å². The molecule has 0 aliphatic rings. The molecular weight excluding hydrogens is 584 g/mol. The zero-order chi connectivity index (χ0) is 31.4. The minimum Gasteiger partial charge on any atom is -0.453 e. The minimum atomic E-state index is -0.980. The van der Waals surface area contributed by atoms with Crippen LogP contribution >= 0.6 is 11.6 Å². The number of pyridine rings is 2. The molecule has 10 nitrogen and oxygen atoms in total. The summed E-state index contributed by atoms with van der Waals surface area (Å²) in [5.41, 5.74) is 10.9. The number of hydrogen-bond acceptors (Lipinski definition) is 8. The van der Waals surface area contributed by atoms with Gasteiger partial charge in [0.15, 0.2) is 23.5 Å². The largest absolute Gasteiger partial charge is 0.453 e. The maximum atomic E-state index is 14.9. The van der Waals surface area contributed by atoms with Crippen molar-refractivity contribution in [3.8, 4) is 22.6 Å². The van der Waals surface area contributed by atoms with Crippen LogP contribution in [0.15, 0.2) is 71.9 Å². The summed E-state index contributed by atoms with van der Waals surface area (Å²) in [7, 11) is 0. The van der Waals surface area contributed by atoms with Gasteiger partial charge in [-0.25, -0.2) is 13.8 Å². The Morgan fingerprint density at radius 1 is 1.02 bits per heavy atom. The smallest absolute Gasteiger partial charge is 0.325 e. The Labute approximate surface area is 250 Å². The maximum Gasteiger partial charge on any atom is 0.325 e. The fourth-order valence-electron chi connectivity index (χ4n) is 3.88. The van der Waals surface area contributed by atoms with Crippen molar-refractivity contribution in [2.45, 2.75) is 33.0 Å². The molecule has 0 spiro atoms. The molecule has 0 aliphatic heterocycles. The third-order valence-electron chi connectivity index (χ3n) is 6.43. The van der Waals surface area contributed by atoms with E-state index in [0.717, 1.165) is 18.2 Å². The van der Waals surface area contributed by atoms with E-state index in [-0.39, 0.29) is 45.1 Å². The van der Waals surface area contributed by atoms with Gasteiger partial charge >= 0.3 is 5.97 Å². The molecule has 2 heterocycles. The second-order valence-corrected chi connectivity index (χ2v) is 10.3. The third-order valence-corrected chi connectivity index (χ3v) is 6.81. The Kier molecular flexibility index (Phi) is 9.42. The third kappa shape index (κ3) is 7.16. The average Bonchev–Trinajstić information content (AvgIpc) is 2.96. The van der Waals surface area contributed by atoms with E-state index in [9.17, 15) is 23.2 Å². The SMILES string of the molecule is CC(C)[C@@H](N)C(=O)OC(C)n1cc(C(=O)Nc2ccc(Oc3ccnc(N)c3Cl)c(F)c2)c(=O)c(-c2ccc(F)cc2)c1. The number of ether oxygens (including phenoxy) is 2.